The molecule has 7 nitrogen and oxygen atoms in total. The quantitative estimate of drug-likeness (QED) is 0.574. The number of carbonyl (C=O) groups is 1. The first-order valence-electron chi connectivity index (χ1n) is 9.81. The summed E-state index contributed by atoms with van der Waals surface area (Å²) >= 11 is 7.85. The van der Waals surface area contributed by atoms with Crippen molar-refractivity contribution in [3.8, 4) is 0 Å². The summed E-state index contributed by atoms with van der Waals surface area (Å²) in [5, 5.41) is 1.65. The van der Waals surface area contributed by atoms with Crippen molar-refractivity contribution in [1.82, 2.24) is 14.2 Å². The van der Waals surface area contributed by atoms with Crippen LogP contribution in [0, 0.1) is 6.92 Å². The number of anilines is 1. The fraction of sp³-hybridized carbons (Fsp3) is 0.333. The Morgan fingerprint density at radius 3 is 2.32 bits per heavy atom. The minimum Gasteiger partial charge on any atom is -0.345 e. The van der Waals surface area contributed by atoms with Gasteiger partial charge < -0.3 is 9.80 Å². The number of sulfonamides is 1. The van der Waals surface area contributed by atoms with Crippen LogP contribution in [-0.4, -0.2) is 68.8 Å². The van der Waals surface area contributed by atoms with Crippen LogP contribution in [-0.2, 0) is 10.0 Å². The Morgan fingerprint density at radius 1 is 1.06 bits per heavy atom. The number of amides is 1. The van der Waals surface area contributed by atoms with Crippen LogP contribution in [0.2, 0.25) is 5.02 Å². The van der Waals surface area contributed by atoms with E-state index in [1.165, 1.54) is 26.2 Å². The smallest absolute Gasteiger partial charge is 0.253 e. The molecule has 1 fully saturated rings. The fourth-order valence-electron chi connectivity index (χ4n) is 3.49. The van der Waals surface area contributed by atoms with Gasteiger partial charge in [0.1, 0.15) is 0 Å². The number of aromatic nitrogens is 1. The topological polar surface area (TPSA) is 73.8 Å². The van der Waals surface area contributed by atoms with E-state index >= 15 is 0 Å². The molecule has 1 aliphatic heterocycles. The molecule has 0 atom stereocenters. The van der Waals surface area contributed by atoms with Crippen LogP contribution in [0.15, 0.2) is 41.3 Å². The SMILES string of the molecule is Cc1c(Cl)ccc2sc(N3CCN(C(=O)c4ccc(S(=O)(=O)N(C)C)cc4)CC3)nc12. The zero-order valence-corrected chi connectivity index (χ0v) is 19.9. The van der Waals surface area contributed by atoms with E-state index in [-0.39, 0.29) is 10.8 Å². The highest BCUT2D eigenvalue weighted by atomic mass is 35.5. The van der Waals surface area contributed by atoms with Crippen LogP contribution < -0.4 is 4.90 Å². The Kier molecular flexibility index (Phi) is 5.95. The third-order valence-electron chi connectivity index (χ3n) is 5.45. The molecule has 2 heterocycles. The van der Waals surface area contributed by atoms with Gasteiger partial charge in [0, 0.05) is 50.9 Å². The molecule has 31 heavy (non-hydrogen) atoms. The number of hydrogen-bond acceptors (Lipinski definition) is 6. The van der Waals surface area contributed by atoms with E-state index in [0.717, 1.165) is 25.2 Å². The first-order valence-corrected chi connectivity index (χ1v) is 12.4. The second-order valence-electron chi connectivity index (χ2n) is 7.61. The van der Waals surface area contributed by atoms with Gasteiger partial charge in [0.05, 0.1) is 15.1 Å². The molecule has 4 rings (SSSR count). The van der Waals surface area contributed by atoms with E-state index in [2.05, 4.69) is 4.90 Å². The molecule has 1 aromatic heterocycles. The van der Waals surface area contributed by atoms with Gasteiger partial charge in [-0.25, -0.2) is 17.7 Å². The largest absolute Gasteiger partial charge is 0.345 e. The molecule has 0 aliphatic carbocycles. The van der Waals surface area contributed by atoms with Crippen molar-refractivity contribution in [2.75, 3.05) is 45.2 Å². The fourth-order valence-corrected chi connectivity index (χ4v) is 5.62. The molecule has 3 aromatic rings. The van der Waals surface area contributed by atoms with E-state index in [4.69, 9.17) is 16.6 Å². The molecule has 0 radical (unpaired) electrons. The number of fused-ring (bicyclic) bond motifs is 1. The van der Waals surface area contributed by atoms with Crippen molar-refractivity contribution in [1.29, 1.82) is 0 Å². The Bertz CT molecular complexity index is 1230. The highest BCUT2D eigenvalue weighted by Gasteiger charge is 2.25. The van der Waals surface area contributed by atoms with E-state index in [1.807, 2.05) is 19.1 Å². The van der Waals surface area contributed by atoms with E-state index < -0.39 is 10.0 Å². The van der Waals surface area contributed by atoms with E-state index in [9.17, 15) is 13.2 Å². The van der Waals surface area contributed by atoms with Gasteiger partial charge in [-0.3, -0.25) is 4.79 Å². The normalized spacial score (nSPS) is 15.1. The summed E-state index contributed by atoms with van der Waals surface area (Å²) in [7, 11) is -0.549. The minimum absolute atomic E-state index is 0.0969. The van der Waals surface area contributed by atoms with E-state index in [1.54, 1.807) is 28.4 Å². The highest BCUT2D eigenvalue weighted by Crippen LogP contribution is 2.33. The lowest BCUT2D eigenvalue weighted by Crippen LogP contribution is -2.48. The Hall–Kier alpha value is -2.20. The van der Waals surface area contributed by atoms with E-state index in [0.29, 0.717) is 36.8 Å². The number of benzene rings is 2. The van der Waals surface area contributed by atoms with Gasteiger partial charge in [-0.05, 0) is 48.9 Å². The third-order valence-corrected chi connectivity index (χ3v) is 8.77. The summed E-state index contributed by atoms with van der Waals surface area (Å²) in [5.41, 5.74) is 2.39. The number of piperazine rings is 1. The van der Waals surface area contributed by atoms with Crippen LogP contribution in [0.5, 0.6) is 0 Å². The lowest BCUT2D eigenvalue weighted by molar-refractivity contribution is 0.0746. The second-order valence-corrected chi connectivity index (χ2v) is 11.2. The summed E-state index contributed by atoms with van der Waals surface area (Å²) in [6.07, 6.45) is 0. The van der Waals surface area contributed by atoms with Gasteiger partial charge >= 0.3 is 0 Å². The second kappa shape index (κ2) is 8.38. The summed E-state index contributed by atoms with van der Waals surface area (Å²) in [6.45, 7) is 4.50. The van der Waals surface area contributed by atoms with Crippen molar-refractivity contribution in [3.05, 3.63) is 52.5 Å². The van der Waals surface area contributed by atoms with Crippen LogP contribution >= 0.6 is 22.9 Å². The van der Waals surface area contributed by atoms with Gasteiger partial charge in [-0.15, -0.1) is 0 Å². The number of aryl methyl sites for hydroxylation is 1. The molecule has 0 saturated carbocycles. The zero-order valence-electron chi connectivity index (χ0n) is 17.5. The first-order chi connectivity index (χ1) is 14.7. The highest BCUT2D eigenvalue weighted by molar-refractivity contribution is 7.89. The predicted molar refractivity (Wildman–Crippen MR) is 125 cm³/mol. The maximum atomic E-state index is 12.9. The summed E-state index contributed by atoms with van der Waals surface area (Å²) in [6, 6.07) is 10.00. The first kappa shape index (κ1) is 22.0. The lowest BCUT2D eigenvalue weighted by atomic mass is 10.2. The molecule has 1 amide bonds. The number of thiazole rings is 1. The standard InChI is InChI=1S/C21H23ClN4O3S2/c1-14-17(22)8-9-18-19(14)23-21(30-18)26-12-10-25(11-13-26)20(27)15-4-6-16(7-5-15)31(28,29)24(2)3/h4-9H,10-13H2,1-3H3. The molecular weight excluding hydrogens is 456 g/mol. The summed E-state index contributed by atoms with van der Waals surface area (Å²) < 4.78 is 26.7. The van der Waals surface area contributed by atoms with Crippen LogP contribution in [0.4, 0.5) is 5.13 Å². The number of rotatable bonds is 4. The minimum atomic E-state index is -3.51. The Balaban J connectivity index is 1.44. The van der Waals surface area contributed by atoms with Crippen LogP contribution in [0.1, 0.15) is 15.9 Å². The average Bonchev–Trinajstić information content (AvgIpc) is 3.21. The van der Waals surface area contributed by atoms with Crippen molar-refractivity contribution < 1.29 is 13.2 Å². The molecule has 0 spiro atoms. The van der Waals surface area contributed by atoms with Gasteiger partial charge in [0.25, 0.3) is 5.91 Å². The molecule has 1 saturated heterocycles. The molecular formula is C21H23ClN4O3S2. The number of hydrogen-bond donors (Lipinski definition) is 0. The van der Waals surface area contributed by atoms with Gasteiger partial charge in [0.2, 0.25) is 10.0 Å². The van der Waals surface area contributed by atoms with Crippen molar-refractivity contribution >= 4 is 54.2 Å². The van der Waals surface area contributed by atoms with Gasteiger partial charge in [-0.2, -0.15) is 0 Å². The van der Waals surface area contributed by atoms with Gasteiger partial charge in [0.15, 0.2) is 5.13 Å². The Morgan fingerprint density at radius 2 is 1.71 bits per heavy atom. The molecule has 2 aromatic carbocycles. The molecule has 10 heteroatoms. The monoisotopic (exact) mass is 478 g/mol. The summed E-state index contributed by atoms with van der Waals surface area (Å²) in [4.78, 5) is 21.8. The van der Waals surface area contributed by atoms with Crippen LogP contribution in [0.3, 0.4) is 0 Å². The molecule has 0 bridgehead atoms. The van der Waals surface area contributed by atoms with Crippen molar-refractivity contribution in [3.63, 3.8) is 0 Å². The lowest BCUT2D eigenvalue weighted by Gasteiger charge is -2.34. The molecule has 164 valence electrons. The van der Waals surface area contributed by atoms with Crippen molar-refractivity contribution in [2.45, 2.75) is 11.8 Å². The predicted octanol–water partition coefficient (Wildman–Crippen LogP) is 3.47. The number of nitrogens with zero attached hydrogens (tertiary/aromatic N) is 4. The zero-order chi connectivity index (χ0) is 22.3. The molecule has 0 unspecified atom stereocenters. The van der Waals surface area contributed by atoms with Gasteiger partial charge in [-0.1, -0.05) is 22.9 Å². The average molecular weight is 479 g/mol. The number of halogens is 1. The Labute approximate surface area is 190 Å². The van der Waals surface area contributed by atoms with Crippen molar-refractivity contribution in [2.24, 2.45) is 0 Å². The maximum absolute atomic E-state index is 12.9. The van der Waals surface area contributed by atoms with Crippen LogP contribution in [0.25, 0.3) is 10.2 Å². The number of carbonyl (C=O) groups excluding carboxylic acids is 1. The third kappa shape index (κ3) is 4.15. The molecule has 1 aliphatic rings. The molecule has 0 N–H and O–H groups in total. The summed E-state index contributed by atoms with van der Waals surface area (Å²) in [5.74, 6) is -0.0969. The maximum Gasteiger partial charge on any atom is 0.253 e.